The van der Waals surface area contributed by atoms with Gasteiger partial charge in [-0.1, -0.05) is 22.3 Å². The number of pyridine rings is 1. The van der Waals surface area contributed by atoms with Gasteiger partial charge in [-0.2, -0.15) is 4.98 Å². The molecule has 0 aliphatic carbocycles. The maximum Gasteiger partial charge on any atom is 0.253 e. The smallest absolute Gasteiger partial charge is 0.253 e. The molecule has 0 N–H and O–H groups in total. The number of carbonyl (C=O) groups excluding carboxylic acids is 1. The Morgan fingerprint density at radius 1 is 1.12 bits per heavy atom. The van der Waals surface area contributed by atoms with Crippen LogP contribution in [0.1, 0.15) is 33.3 Å². The van der Waals surface area contributed by atoms with Crippen LogP contribution in [0.4, 0.5) is 0 Å². The minimum atomic E-state index is 0.0527. The molecular formula is C19H18N4O2. The second-order valence-electron chi connectivity index (χ2n) is 6.48. The lowest BCUT2D eigenvalue weighted by Crippen LogP contribution is -2.48. The molecule has 0 radical (unpaired) electrons. The summed E-state index contributed by atoms with van der Waals surface area (Å²) in [7, 11) is 0. The third kappa shape index (κ3) is 3.03. The van der Waals surface area contributed by atoms with Crippen LogP contribution in [0.2, 0.25) is 0 Å². The van der Waals surface area contributed by atoms with E-state index in [1.165, 1.54) is 0 Å². The third-order valence-electron chi connectivity index (χ3n) is 4.37. The molecule has 2 aromatic heterocycles. The molecule has 1 amide bonds. The predicted octanol–water partition coefficient (Wildman–Crippen LogP) is 2.99. The Bertz CT molecular complexity index is 894. The van der Waals surface area contributed by atoms with E-state index in [0.29, 0.717) is 24.8 Å². The van der Waals surface area contributed by atoms with Gasteiger partial charge in [0.2, 0.25) is 11.7 Å². The quantitative estimate of drug-likeness (QED) is 0.736. The predicted molar refractivity (Wildman–Crippen MR) is 92.1 cm³/mol. The Morgan fingerprint density at radius 3 is 2.48 bits per heavy atom. The van der Waals surface area contributed by atoms with E-state index in [2.05, 4.69) is 21.2 Å². The highest BCUT2D eigenvalue weighted by molar-refractivity contribution is 5.95. The Kier molecular flexibility index (Phi) is 3.80. The monoisotopic (exact) mass is 334 g/mol. The summed E-state index contributed by atoms with van der Waals surface area (Å²) < 4.78 is 5.38. The van der Waals surface area contributed by atoms with Crippen molar-refractivity contribution in [3.05, 3.63) is 65.3 Å². The number of aromatic nitrogens is 3. The molecule has 6 nitrogen and oxygen atoms in total. The molecule has 0 atom stereocenters. The summed E-state index contributed by atoms with van der Waals surface area (Å²) in [5.74, 6) is 1.28. The average molecular weight is 334 g/mol. The topological polar surface area (TPSA) is 72.1 Å². The van der Waals surface area contributed by atoms with E-state index in [1.54, 1.807) is 12.4 Å². The van der Waals surface area contributed by atoms with Crippen LogP contribution in [0.3, 0.4) is 0 Å². The number of aryl methyl sites for hydroxylation is 2. The van der Waals surface area contributed by atoms with Gasteiger partial charge in [-0.15, -0.1) is 0 Å². The minimum absolute atomic E-state index is 0.0527. The molecule has 3 heterocycles. The van der Waals surface area contributed by atoms with Gasteiger partial charge in [0.05, 0.1) is 5.92 Å². The van der Waals surface area contributed by atoms with Crippen LogP contribution in [0.25, 0.3) is 11.4 Å². The van der Waals surface area contributed by atoms with Crippen molar-refractivity contribution in [1.82, 2.24) is 20.0 Å². The second kappa shape index (κ2) is 6.12. The third-order valence-corrected chi connectivity index (χ3v) is 4.37. The molecule has 126 valence electrons. The van der Waals surface area contributed by atoms with Gasteiger partial charge < -0.3 is 9.42 Å². The van der Waals surface area contributed by atoms with Crippen LogP contribution in [0.15, 0.2) is 47.2 Å². The number of hydrogen-bond acceptors (Lipinski definition) is 5. The van der Waals surface area contributed by atoms with Gasteiger partial charge in [0, 0.05) is 36.6 Å². The number of amides is 1. The van der Waals surface area contributed by atoms with Gasteiger partial charge in [-0.3, -0.25) is 9.78 Å². The van der Waals surface area contributed by atoms with Gasteiger partial charge in [-0.05, 0) is 38.1 Å². The molecule has 1 aliphatic heterocycles. The molecular weight excluding hydrogens is 316 g/mol. The van der Waals surface area contributed by atoms with E-state index in [-0.39, 0.29) is 11.8 Å². The summed E-state index contributed by atoms with van der Waals surface area (Å²) in [6.45, 7) is 5.21. The summed E-state index contributed by atoms with van der Waals surface area (Å²) >= 11 is 0. The zero-order valence-corrected chi connectivity index (χ0v) is 14.1. The van der Waals surface area contributed by atoms with Crippen LogP contribution in [-0.4, -0.2) is 39.0 Å². The first-order valence-corrected chi connectivity index (χ1v) is 8.22. The number of benzene rings is 1. The summed E-state index contributed by atoms with van der Waals surface area (Å²) in [6, 6.07) is 9.60. The maximum absolute atomic E-state index is 12.6. The minimum Gasteiger partial charge on any atom is -0.339 e. The molecule has 1 aromatic carbocycles. The molecule has 4 rings (SSSR count). The number of hydrogen-bond donors (Lipinski definition) is 0. The van der Waals surface area contributed by atoms with Crippen LogP contribution >= 0.6 is 0 Å². The number of carbonyl (C=O) groups is 1. The van der Waals surface area contributed by atoms with Crippen LogP contribution in [0, 0.1) is 13.8 Å². The van der Waals surface area contributed by atoms with Gasteiger partial charge in [-0.25, -0.2) is 0 Å². The molecule has 1 aliphatic rings. The first kappa shape index (κ1) is 15.5. The fraction of sp³-hybridized carbons (Fsp3) is 0.263. The Hall–Kier alpha value is -3.02. The summed E-state index contributed by atoms with van der Waals surface area (Å²) in [5, 5.41) is 4.02. The van der Waals surface area contributed by atoms with E-state index in [0.717, 1.165) is 22.3 Å². The van der Waals surface area contributed by atoms with Gasteiger partial charge in [0.1, 0.15) is 0 Å². The highest BCUT2D eigenvalue weighted by atomic mass is 16.5. The summed E-state index contributed by atoms with van der Waals surface area (Å²) in [4.78, 5) is 22.8. The van der Waals surface area contributed by atoms with Crippen molar-refractivity contribution >= 4 is 5.91 Å². The maximum atomic E-state index is 12.6. The SMILES string of the molecule is Cc1cc(C)cc(C(=O)N2CC(c3nc(-c4ccncc4)no3)C2)c1. The summed E-state index contributed by atoms with van der Waals surface area (Å²) in [6.07, 6.45) is 3.39. The molecule has 3 aromatic rings. The van der Waals surface area contributed by atoms with Crippen LogP contribution < -0.4 is 0 Å². The van der Waals surface area contributed by atoms with Gasteiger partial charge >= 0.3 is 0 Å². The lowest BCUT2D eigenvalue weighted by molar-refractivity contribution is 0.0569. The standard InChI is InChI=1S/C19H18N4O2/c1-12-7-13(2)9-15(8-12)19(24)23-10-16(11-23)18-21-17(22-25-18)14-3-5-20-6-4-14/h3-9,16H,10-11H2,1-2H3. The normalized spacial score (nSPS) is 14.4. The van der Waals surface area contributed by atoms with Crippen molar-refractivity contribution in [3.63, 3.8) is 0 Å². The summed E-state index contributed by atoms with van der Waals surface area (Å²) in [5.41, 5.74) is 3.80. The van der Waals surface area contributed by atoms with E-state index < -0.39 is 0 Å². The van der Waals surface area contributed by atoms with Crippen LogP contribution in [0.5, 0.6) is 0 Å². The van der Waals surface area contributed by atoms with Crippen molar-refractivity contribution < 1.29 is 9.32 Å². The van der Waals surface area contributed by atoms with Crippen molar-refractivity contribution in [1.29, 1.82) is 0 Å². The second-order valence-corrected chi connectivity index (χ2v) is 6.48. The highest BCUT2D eigenvalue weighted by Crippen LogP contribution is 2.29. The van der Waals surface area contributed by atoms with Crippen LogP contribution in [-0.2, 0) is 0 Å². The highest BCUT2D eigenvalue weighted by Gasteiger charge is 2.36. The first-order valence-electron chi connectivity index (χ1n) is 8.22. The lowest BCUT2D eigenvalue weighted by atomic mass is 9.98. The fourth-order valence-corrected chi connectivity index (χ4v) is 3.10. The lowest BCUT2D eigenvalue weighted by Gasteiger charge is -2.37. The average Bonchev–Trinajstić information content (AvgIpc) is 3.03. The molecule has 25 heavy (non-hydrogen) atoms. The van der Waals surface area contributed by atoms with Crippen molar-refractivity contribution in [3.8, 4) is 11.4 Å². The number of likely N-dealkylation sites (tertiary alicyclic amines) is 1. The Balaban J connectivity index is 1.44. The molecule has 6 heteroatoms. The zero-order chi connectivity index (χ0) is 17.4. The largest absolute Gasteiger partial charge is 0.339 e. The van der Waals surface area contributed by atoms with Crippen molar-refractivity contribution in [2.75, 3.05) is 13.1 Å². The van der Waals surface area contributed by atoms with Gasteiger partial charge in [0.15, 0.2) is 0 Å². The van der Waals surface area contributed by atoms with Gasteiger partial charge in [0.25, 0.3) is 5.91 Å². The Morgan fingerprint density at radius 2 is 1.80 bits per heavy atom. The Labute approximate surface area is 145 Å². The van der Waals surface area contributed by atoms with E-state index >= 15 is 0 Å². The first-order chi connectivity index (χ1) is 12.1. The van der Waals surface area contributed by atoms with E-state index in [1.807, 2.05) is 43.0 Å². The van der Waals surface area contributed by atoms with E-state index in [4.69, 9.17) is 4.52 Å². The molecule has 0 spiro atoms. The molecule has 0 unspecified atom stereocenters. The molecule has 0 saturated carbocycles. The molecule has 0 bridgehead atoms. The van der Waals surface area contributed by atoms with Crippen molar-refractivity contribution in [2.45, 2.75) is 19.8 Å². The van der Waals surface area contributed by atoms with E-state index in [9.17, 15) is 4.79 Å². The zero-order valence-electron chi connectivity index (χ0n) is 14.1. The molecule has 1 fully saturated rings. The number of nitrogens with zero attached hydrogens (tertiary/aromatic N) is 4. The van der Waals surface area contributed by atoms with Crippen molar-refractivity contribution in [2.24, 2.45) is 0 Å². The molecule has 1 saturated heterocycles. The fourth-order valence-electron chi connectivity index (χ4n) is 3.10. The number of rotatable bonds is 3.